The van der Waals surface area contributed by atoms with E-state index in [2.05, 4.69) is 15.4 Å². The number of amides is 2. The third kappa shape index (κ3) is 6.61. The van der Waals surface area contributed by atoms with Gasteiger partial charge in [0.2, 0.25) is 5.91 Å². The van der Waals surface area contributed by atoms with Crippen LogP contribution in [0.5, 0.6) is 0 Å². The quantitative estimate of drug-likeness (QED) is 0.244. The van der Waals surface area contributed by atoms with Crippen LogP contribution in [-0.2, 0) is 40.3 Å². The van der Waals surface area contributed by atoms with Crippen LogP contribution in [0.1, 0.15) is 39.8 Å². The Morgan fingerprint density at radius 3 is 2.64 bits per heavy atom. The predicted octanol–water partition coefficient (Wildman–Crippen LogP) is 1.55. The molecule has 13 nitrogen and oxygen atoms in total. The smallest absolute Gasteiger partial charge is 0.327 e. The molecule has 0 fully saturated rings. The lowest BCUT2D eigenvalue weighted by atomic mass is 10.0. The third-order valence-corrected chi connectivity index (χ3v) is 6.13. The molecule has 3 aromatic rings. The monoisotopic (exact) mass is 531 g/mol. The van der Waals surface area contributed by atoms with E-state index in [1.807, 2.05) is 6.07 Å². The van der Waals surface area contributed by atoms with Crippen LogP contribution in [0, 0.1) is 21.4 Å². The average Bonchev–Trinajstić information content (AvgIpc) is 3.34. The number of nitriles is 1. The minimum atomic E-state index is -0.993. The summed E-state index contributed by atoms with van der Waals surface area (Å²) in [6, 6.07) is 9.55. The fraction of sp³-hybridized carbons (Fsp3) is 0.308. The van der Waals surface area contributed by atoms with E-state index >= 15 is 0 Å². The number of aromatic nitrogens is 3. The summed E-state index contributed by atoms with van der Waals surface area (Å²) in [5.41, 5.74) is 2.42. The molecule has 0 radical (unpaired) electrons. The molecule has 0 aliphatic carbocycles. The summed E-state index contributed by atoms with van der Waals surface area (Å²) in [5, 5.41) is 27.2. The fourth-order valence-electron chi connectivity index (χ4n) is 4.22. The summed E-state index contributed by atoms with van der Waals surface area (Å²) in [6.45, 7) is 2.54. The van der Waals surface area contributed by atoms with Gasteiger partial charge in [0.1, 0.15) is 24.3 Å². The van der Waals surface area contributed by atoms with Gasteiger partial charge >= 0.3 is 5.97 Å². The number of rotatable bonds is 9. The maximum absolute atomic E-state index is 13.7. The maximum atomic E-state index is 13.7. The highest BCUT2D eigenvalue weighted by molar-refractivity contribution is 5.96. The topological polar surface area (TPSA) is 173 Å². The highest BCUT2D eigenvalue weighted by atomic mass is 16.6. The van der Waals surface area contributed by atoms with Crippen molar-refractivity contribution in [1.82, 2.24) is 25.0 Å². The lowest BCUT2D eigenvalue weighted by Crippen LogP contribution is -2.51. The van der Waals surface area contributed by atoms with Crippen molar-refractivity contribution >= 4 is 23.5 Å². The zero-order chi connectivity index (χ0) is 27.9. The molecule has 0 spiro atoms. The number of non-ortho nitro benzene ring substituents is 1. The summed E-state index contributed by atoms with van der Waals surface area (Å²) in [4.78, 5) is 54.6. The van der Waals surface area contributed by atoms with Gasteiger partial charge in [-0.1, -0.05) is 12.1 Å². The molecule has 1 aliphatic heterocycles. The number of carbonyl (C=O) groups excluding carboxylic acids is 3. The van der Waals surface area contributed by atoms with Crippen molar-refractivity contribution < 1.29 is 24.0 Å². The van der Waals surface area contributed by atoms with E-state index in [4.69, 9.17) is 10.00 Å². The van der Waals surface area contributed by atoms with Crippen LogP contribution in [0.25, 0.3) is 0 Å². The minimum Gasteiger partial charge on any atom is -0.465 e. The Labute approximate surface area is 223 Å². The number of nitrogens with one attached hydrogen (secondary N) is 1. The Hall–Kier alpha value is -5.12. The van der Waals surface area contributed by atoms with Gasteiger partial charge in [-0.2, -0.15) is 10.4 Å². The Morgan fingerprint density at radius 2 is 2.00 bits per heavy atom. The number of nitro groups is 1. The Bertz CT molecular complexity index is 1430. The number of pyridine rings is 1. The number of nitro benzene ring substituents is 1. The molecule has 0 bridgehead atoms. The molecule has 1 N–H and O–H groups in total. The molecular formula is C26H25N7O6. The Kier molecular flexibility index (Phi) is 8.25. The zero-order valence-corrected chi connectivity index (χ0v) is 21.1. The Balaban J connectivity index is 1.53. The van der Waals surface area contributed by atoms with E-state index in [0.29, 0.717) is 18.5 Å². The van der Waals surface area contributed by atoms with Crippen LogP contribution < -0.4 is 5.32 Å². The number of carbonyl (C=O) groups is 3. The maximum Gasteiger partial charge on any atom is 0.327 e. The molecule has 1 aliphatic rings. The van der Waals surface area contributed by atoms with Crippen molar-refractivity contribution in [2.45, 2.75) is 38.9 Å². The first kappa shape index (κ1) is 26.9. The highest BCUT2D eigenvalue weighted by Gasteiger charge is 2.31. The lowest BCUT2D eigenvalue weighted by Gasteiger charge is -2.30. The van der Waals surface area contributed by atoms with Gasteiger partial charge in [-0.15, -0.1) is 0 Å². The molecule has 2 aromatic heterocycles. The van der Waals surface area contributed by atoms with Crippen molar-refractivity contribution in [2.24, 2.45) is 0 Å². The van der Waals surface area contributed by atoms with Crippen molar-refractivity contribution in [2.75, 3.05) is 13.2 Å². The van der Waals surface area contributed by atoms with Gasteiger partial charge in [-0.25, -0.2) is 4.98 Å². The van der Waals surface area contributed by atoms with Gasteiger partial charge in [-0.05, 0) is 24.6 Å². The molecule has 0 saturated carbocycles. The van der Waals surface area contributed by atoms with E-state index in [0.717, 1.165) is 11.3 Å². The molecule has 1 aromatic carbocycles. The SMILES string of the molecule is CCOC(=O)Cn1cc2c(n1)CCN(C(=O)[C@H](Cc1ccc([N+](=O)[O-])cc1)NC(=O)c1ccc(C#N)cn1)C2. The van der Waals surface area contributed by atoms with Crippen molar-refractivity contribution in [3.63, 3.8) is 0 Å². The molecule has 2 amide bonds. The van der Waals surface area contributed by atoms with Crippen LogP contribution in [0.3, 0.4) is 0 Å². The molecule has 4 rings (SSSR count). The number of ether oxygens (including phenoxy) is 1. The number of fused-ring (bicyclic) bond motifs is 1. The molecule has 1 atom stereocenters. The Morgan fingerprint density at radius 1 is 1.23 bits per heavy atom. The number of hydrogen-bond donors (Lipinski definition) is 1. The van der Waals surface area contributed by atoms with E-state index in [9.17, 15) is 24.5 Å². The summed E-state index contributed by atoms with van der Waals surface area (Å²) < 4.78 is 6.46. The summed E-state index contributed by atoms with van der Waals surface area (Å²) in [6.07, 6.45) is 3.52. The number of esters is 1. The molecular weight excluding hydrogens is 506 g/mol. The third-order valence-electron chi connectivity index (χ3n) is 6.13. The standard InChI is InChI=1S/C26H25N7O6/c1-2-39-24(34)16-32-15-19-14-31(10-9-21(19)30-32)26(36)23(11-17-3-6-20(7-4-17)33(37)38)29-25(35)22-8-5-18(12-27)13-28-22/h3-8,13,15,23H,2,9-11,14,16H2,1H3,(H,29,35)/t23-/m0/s1. The normalized spacial score (nSPS) is 13.1. The van der Waals surface area contributed by atoms with Crippen LogP contribution in [0.4, 0.5) is 5.69 Å². The first-order chi connectivity index (χ1) is 18.8. The van der Waals surface area contributed by atoms with Crippen molar-refractivity contribution in [3.05, 3.63) is 87.0 Å². The van der Waals surface area contributed by atoms with E-state index < -0.39 is 22.8 Å². The van der Waals surface area contributed by atoms with Crippen LogP contribution in [-0.4, -0.2) is 61.6 Å². The molecule has 39 heavy (non-hydrogen) atoms. The molecule has 3 heterocycles. The average molecular weight is 532 g/mol. The van der Waals surface area contributed by atoms with Gasteiger partial charge in [0, 0.05) is 56.0 Å². The second-order valence-corrected chi connectivity index (χ2v) is 8.81. The zero-order valence-electron chi connectivity index (χ0n) is 21.1. The number of nitrogens with zero attached hydrogens (tertiary/aromatic N) is 6. The van der Waals surface area contributed by atoms with Gasteiger partial charge in [0.05, 0.1) is 22.8 Å². The fourth-order valence-corrected chi connectivity index (χ4v) is 4.22. The van der Waals surface area contributed by atoms with Gasteiger partial charge < -0.3 is 15.0 Å². The van der Waals surface area contributed by atoms with Crippen molar-refractivity contribution in [1.29, 1.82) is 5.26 Å². The summed E-state index contributed by atoms with van der Waals surface area (Å²) in [5.74, 6) is -1.36. The largest absolute Gasteiger partial charge is 0.465 e. The lowest BCUT2D eigenvalue weighted by molar-refractivity contribution is -0.384. The minimum absolute atomic E-state index is 0.0365. The summed E-state index contributed by atoms with van der Waals surface area (Å²) in [7, 11) is 0. The van der Waals surface area contributed by atoms with E-state index in [1.165, 1.54) is 47.3 Å². The highest BCUT2D eigenvalue weighted by Crippen LogP contribution is 2.20. The predicted molar refractivity (Wildman–Crippen MR) is 135 cm³/mol. The first-order valence-electron chi connectivity index (χ1n) is 12.2. The van der Waals surface area contributed by atoms with Gasteiger partial charge in [-0.3, -0.25) is 29.2 Å². The van der Waals surface area contributed by atoms with E-state index in [1.54, 1.807) is 18.0 Å². The molecule has 0 unspecified atom stereocenters. The van der Waals surface area contributed by atoms with Crippen LogP contribution >= 0.6 is 0 Å². The molecule has 13 heteroatoms. The first-order valence-corrected chi connectivity index (χ1v) is 12.2. The molecule has 200 valence electrons. The van der Waals surface area contributed by atoms with Gasteiger partial charge in [0.25, 0.3) is 11.6 Å². The second kappa shape index (κ2) is 12.0. The molecule has 0 saturated heterocycles. The van der Waals surface area contributed by atoms with E-state index in [-0.39, 0.29) is 49.0 Å². The number of hydrogen-bond acceptors (Lipinski definition) is 9. The summed E-state index contributed by atoms with van der Waals surface area (Å²) >= 11 is 0. The number of benzene rings is 1. The van der Waals surface area contributed by atoms with Crippen LogP contribution in [0.15, 0.2) is 48.8 Å². The van der Waals surface area contributed by atoms with Crippen LogP contribution in [0.2, 0.25) is 0 Å². The van der Waals surface area contributed by atoms with Crippen molar-refractivity contribution in [3.8, 4) is 6.07 Å². The van der Waals surface area contributed by atoms with Gasteiger partial charge in [0.15, 0.2) is 0 Å². The second-order valence-electron chi connectivity index (χ2n) is 8.81.